The van der Waals surface area contributed by atoms with Crippen molar-refractivity contribution in [3.8, 4) is 11.3 Å². The molecule has 0 saturated carbocycles. The zero-order chi connectivity index (χ0) is 19.4. The maximum Gasteiger partial charge on any atom is 0.215 e. The largest absolute Gasteiger partial charge is 0.268 e. The van der Waals surface area contributed by atoms with Gasteiger partial charge in [0.15, 0.2) is 0 Å². The van der Waals surface area contributed by atoms with E-state index in [0.717, 1.165) is 35.2 Å². The molecule has 0 saturated heterocycles. The van der Waals surface area contributed by atoms with Crippen LogP contribution >= 0.6 is 0 Å². The molecule has 0 aliphatic carbocycles. The zero-order valence-corrected chi connectivity index (χ0v) is 15.4. The summed E-state index contributed by atoms with van der Waals surface area (Å²) in [5, 5.41) is 4.44. The Morgan fingerprint density at radius 3 is 2.74 bits per heavy atom. The monoisotopic (exact) mass is 392 g/mol. The topological polar surface area (TPSA) is 76.9 Å². The van der Waals surface area contributed by atoms with E-state index < -0.39 is 27.4 Å². The van der Waals surface area contributed by atoms with E-state index in [1.165, 1.54) is 0 Å². The van der Waals surface area contributed by atoms with Gasteiger partial charge in [0.25, 0.3) is 0 Å². The van der Waals surface area contributed by atoms with Crippen molar-refractivity contribution in [2.45, 2.75) is 19.2 Å². The summed E-state index contributed by atoms with van der Waals surface area (Å²) in [4.78, 5) is 4.05. The third kappa shape index (κ3) is 4.95. The standard InChI is InChI=1S/C18H18F2N4O2S/c1-13-9-18(14-3-2-6-21-11-14)23-24(13)8-7-22-27(25,26)12-15-10-16(19)4-5-17(15)20/h2-6,9-11,22H,7-8,12H2,1H3. The molecular weight excluding hydrogens is 374 g/mol. The summed E-state index contributed by atoms with van der Waals surface area (Å²) in [6.45, 7) is 2.24. The molecule has 0 atom stereocenters. The maximum absolute atomic E-state index is 13.6. The van der Waals surface area contributed by atoms with Crippen molar-refractivity contribution >= 4 is 10.0 Å². The molecule has 3 aromatic rings. The Balaban J connectivity index is 1.62. The lowest BCUT2D eigenvalue weighted by atomic mass is 10.2. The fourth-order valence-electron chi connectivity index (χ4n) is 2.61. The van der Waals surface area contributed by atoms with Crippen LogP contribution in [0.4, 0.5) is 8.78 Å². The van der Waals surface area contributed by atoms with Crippen molar-refractivity contribution in [2.75, 3.05) is 6.54 Å². The van der Waals surface area contributed by atoms with Gasteiger partial charge in [-0.25, -0.2) is 21.9 Å². The first-order valence-corrected chi connectivity index (χ1v) is 9.85. The molecule has 0 aliphatic heterocycles. The number of rotatable bonds is 7. The fourth-order valence-corrected chi connectivity index (χ4v) is 3.74. The van der Waals surface area contributed by atoms with Gasteiger partial charge in [0.2, 0.25) is 10.0 Å². The summed E-state index contributed by atoms with van der Waals surface area (Å²) < 4.78 is 55.1. The van der Waals surface area contributed by atoms with Gasteiger partial charge in [0.05, 0.1) is 18.0 Å². The van der Waals surface area contributed by atoms with Gasteiger partial charge in [-0.1, -0.05) is 0 Å². The Morgan fingerprint density at radius 2 is 2.00 bits per heavy atom. The number of hydrogen-bond donors (Lipinski definition) is 1. The molecule has 1 N–H and O–H groups in total. The number of nitrogens with one attached hydrogen (secondary N) is 1. The SMILES string of the molecule is Cc1cc(-c2cccnc2)nn1CCNS(=O)(=O)Cc1cc(F)ccc1F. The van der Waals surface area contributed by atoms with E-state index in [2.05, 4.69) is 14.8 Å². The first-order valence-electron chi connectivity index (χ1n) is 8.20. The number of sulfonamides is 1. The summed E-state index contributed by atoms with van der Waals surface area (Å²) in [5.41, 5.74) is 2.26. The number of aromatic nitrogens is 3. The average molecular weight is 392 g/mol. The van der Waals surface area contributed by atoms with Gasteiger partial charge in [-0.3, -0.25) is 9.67 Å². The molecule has 0 radical (unpaired) electrons. The van der Waals surface area contributed by atoms with Crippen LogP contribution in [0.25, 0.3) is 11.3 Å². The van der Waals surface area contributed by atoms with E-state index in [-0.39, 0.29) is 12.1 Å². The van der Waals surface area contributed by atoms with Crippen molar-refractivity contribution in [1.82, 2.24) is 19.5 Å². The molecule has 0 amide bonds. The molecule has 2 aromatic heterocycles. The van der Waals surface area contributed by atoms with Crippen LogP contribution in [-0.4, -0.2) is 29.7 Å². The summed E-state index contributed by atoms with van der Waals surface area (Å²) in [6, 6.07) is 8.31. The van der Waals surface area contributed by atoms with E-state index in [1.807, 2.05) is 25.1 Å². The lowest BCUT2D eigenvalue weighted by Crippen LogP contribution is -2.29. The van der Waals surface area contributed by atoms with Crippen molar-refractivity contribution < 1.29 is 17.2 Å². The Bertz CT molecular complexity index is 1040. The highest BCUT2D eigenvalue weighted by Gasteiger charge is 2.15. The van der Waals surface area contributed by atoms with Crippen LogP contribution < -0.4 is 4.72 Å². The second-order valence-corrected chi connectivity index (χ2v) is 7.83. The van der Waals surface area contributed by atoms with Crippen molar-refractivity contribution in [2.24, 2.45) is 0 Å². The van der Waals surface area contributed by atoms with Crippen LogP contribution in [0.2, 0.25) is 0 Å². The highest BCUT2D eigenvalue weighted by Crippen LogP contribution is 2.17. The summed E-state index contributed by atoms with van der Waals surface area (Å²) in [6.07, 6.45) is 3.37. The van der Waals surface area contributed by atoms with Crippen LogP contribution in [-0.2, 0) is 22.3 Å². The Hall–Kier alpha value is -2.65. The number of pyridine rings is 1. The van der Waals surface area contributed by atoms with Crippen LogP contribution in [0, 0.1) is 18.6 Å². The van der Waals surface area contributed by atoms with Gasteiger partial charge >= 0.3 is 0 Å². The van der Waals surface area contributed by atoms with Crippen LogP contribution in [0.3, 0.4) is 0 Å². The number of hydrogen-bond acceptors (Lipinski definition) is 4. The first kappa shape index (κ1) is 19.1. The van der Waals surface area contributed by atoms with Crippen LogP contribution in [0.15, 0.2) is 48.8 Å². The predicted molar refractivity (Wildman–Crippen MR) is 97.2 cm³/mol. The molecule has 9 heteroatoms. The van der Waals surface area contributed by atoms with Crippen LogP contribution in [0.5, 0.6) is 0 Å². The first-order chi connectivity index (χ1) is 12.8. The normalized spacial score (nSPS) is 11.7. The predicted octanol–water partition coefficient (Wildman–Crippen LogP) is 2.65. The number of benzene rings is 1. The highest BCUT2D eigenvalue weighted by atomic mass is 32.2. The molecule has 2 heterocycles. The smallest absolute Gasteiger partial charge is 0.215 e. The summed E-state index contributed by atoms with van der Waals surface area (Å²) in [5.74, 6) is -2.07. The maximum atomic E-state index is 13.6. The molecule has 27 heavy (non-hydrogen) atoms. The zero-order valence-electron chi connectivity index (χ0n) is 14.6. The molecule has 6 nitrogen and oxygen atoms in total. The molecule has 0 bridgehead atoms. The molecule has 0 unspecified atom stereocenters. The third-order valence-corrected chi connectivity index (χ3v) is 5.27. The number of halogens is 2. The van der Waals surface area contributed by atoms with Gasteiger partial charge < -0.3 is 0 Å². The van der Waals surface area contributed by atoms with Gasteiger partial charge in [-0.05, 0) is 43.3 Å². The summed E-state index contributed by atoms with van der Waals surface area (Å²) >= 11 is 0. The quantitative estimate of drug-likeness (QED) is 0.671. The lowest BCUT2D eigenvalue weighted by molar-refractivity contribution is 0.551. The van der Waals surface area contributed by atoms with E-state index in [9.17, 15) is 17.2 Å². The van der Waals surface area contributed by atoms with E-state index in [1.54, 1.807) is 17.1 Å². The molecular formula is C18H18F2N4O2S. The van der Waals surface area contributed by atoms with Gasteiger partial charge in [0.1, 0.15) is 11.6 Å². The minimum absolute atomic E-state index is 0.0776. The lowest BCUT2D eigenvalue weighted by Gasteiger charge is -2.09. The van der Waals surface area contributed by atoms with E-state index in [0.29, 0.717) is 6.54 Å². The molecule has 0 spiro atoms. The van der Waals surface area contributed by atoms with Crippen molar-refractivity contribution in [3.63, 3.8) is 0 Å². The second-order valence-electron chi connectivity index (χ2n) is 6.02. The van der Waals surface area contributed by atoms with Crippen molar-refractivity contribution in [3.05, 3.63) is 71.7 Å². The van der Waals surface area contributed by atoms with E-state index >= 15 is 0 Å². The van der Waals surface area contributed by atoms with Gasteiger partial charge in [-0.2, -0.15) is 5.10 Å². The van der Waals surface area contributed by atoms with Gasteiger partial charge in [-0.15, -0.1) is 0 Å². The molecule has 1 aromatic carbocycles. The average Bonchev–Trinajstić information content (AvgIpc) is 2.99. The van der Waals surface area contributed by atoms with Crippen molar-refractivity contribution in [1.29, 1.82) is 0 Å². The molecule has 0 aliphatic rings. The van der Waals surface area contributed by atoms with Gasteiger partial charge in [0, 0.05) is 35.8 Å². The fraction of sp³-hybridized carbons (Fsp3) is 0.222. The summed E-state index contributed by atoms with van der Waals surface area (Å²) in [7, 11) is -3.81. The Morgan fingerprint density at radius 1 is 1.19 bits per heavy atom. The Kier molecular flexibility index (Phi) is 5.62. The second kappa shape index (κ2) is 7.93. The van der Waals surface area contributed by atoms with Crippen LogP contribution in [0.1, 0.15) is 11.3 Å². The minimum atomic E-state index is -3.81. The molecule has 3 rings (SSSR count). The number of aryl methyl sites for hydroxylation is 1. The number of nitrogens with zero attached hydrogens (tertiary/aromatic N) is 3. The molecule has 142 valence electrons. The van der Waals surface area contributed by atoms with E-state index in [4.69, 9.17) is 0 Å². The third-order valence-electron chi connectivity index (χ3n) is 3.94. The minimum Gasteiger partial charge on any atom is -0.268 e. The molecule has 0 fully saturated rings. The highest BCUT2D eigenvalue weighted by molar-refractivity contribution is 7.88. The Labute approximate surface area is 155 Å².